The number of hydrogen-bond acceptors (Lipinski definition) is 1. The van der Waals surface area contributed by atoms with E-state index in [-0.39, 0.29) is 11.2 Å². The molecule has 0 fully saturated rings. The fourth-order valence-corrected chi connectivity index (χ4v) is 3.37. The Morgan fingerprint density at radius 2 is 2.00 bits per heavy atom. The minimum atomic E-state index is -0.178. The van der Waals surface area contributed by atoms with Crippen molar-refractivity contribution < 1.29 is 4.39 Å². The molecule has 0 aliphatic rings. The highest BCUT2D eigenvalue weighted by Crippen LogP contribution is 2.33. The van der Waals surface area contributed by atoms with Gasteiger partial charge < -0.3 is 0 Å². The Hall–Kier alpha value is -0.860. The summed E-state index contributed by atoms with van der Waals surface area (Å²) in [5.41, 5.74) is 1.80. The monoisotopic (exact) mass is 268 g/mol. The Bertz CT molecular complexity index is 519. The summed E-state index contributed by atoms with van der Waals surface area (Å²) in [5, 5.41) is -0.156. The van der Waals surface area contributed by atoms with Crippen LogP contribution in [0.4, 0.5) is 4.39 Å². The van der Waals surface area contributed by atoms with Crippen LogP contribution in [0, 0.1) is 19.7 Å². The van der Waals surface area contributed by atoms with E-state index in [0.29, 0.717) is 12.0 Å². The summed E-state index contributed by atoms with van der Waals surface area (Å²) >= 11 is 8.11. The van der Waals surface area contributed by atoms with Crippen molar-refractivity contribution in [3.05, 3.63) is 57.0 Å². The first-order valence-electron chi connectivity index (χ1n) is 5.52. The molecule has 0 aliphatic heterocycles. The van der Waals surface area contributed by atoms with Crippen molar-refractivity contribution in [1.29, 1.82) is 0 Å². The van der Waals surface area contributed by atoms with Gasteiger partial charge in [0.1, 0.15) is 5.82 Å². The molecule has 90 valence electrons. The van der Waals surface area contributed by atoms with Gasteiger partial charge in [-0.2, -0.15) is 0 Å². The van der Waals surface area contributed by atoms with Crippen LogP contribution in [0.15, 0.2) is 30.3 Å². The van der Waals surface area contributed by atoms with Crippen molar-refractivity contribution in [1.82, 2.24) is 0 Å². The van der Waals surface area contributed by atoms with Crippen LogP contribution in [0.1, 0.15) is 26.3 Å². The van der Waals surface area contributed by atoms with E-state index < -0.39 is 0 Å². The molecule has 1 heterocycles. The second kappa shape index (κ2) is 5.19. The van der Waals surface area contributed by atoms with Crippen LogP contribution >= 0.6 is 22.9 Å². The van der Waals surface area contributed by atoms with Gasteiger partial charge in [-0.15, -0.1) is 22.9 Å². The molecule has 0 saturated carbocycles. The van der Waals surface area contributed by atoms with Gasteiger partial charge in [0.25, 0.3) is 0 Å². The molecule has 2 rings (SSSR count). The molecular weight excluding hydrogens is 255 g/mol. The minimum Gasteiger partial charge on any atom is -0.207 e. The smallest absolute Gasteiger partial charge is 0.126 e. The van der Waals surface area contributed by atoms with Crippen molar-refractivity contribution in [3.63, 3.8) is 0 Å². The molecular formula is C14H14ClFS. The lowest BCUT2D eigenvalue weighted by atomic mass is 10.0. The fraction of sp³-hybridized carbons (Fsp3) is 0.286. The third kappa shape index (κ3) is 2.88. The van der Waals surface area contributed by atoms with Crippen molar-refractivity contribution in [2.45, 2.75) is 25.6 Å². The van der Waals surface area contributed by atoms with Gasteiger partial charge in [-0.25, -0.2) is 4.39 Å². The average molecular weight is 269 g/mol. The molecule has 17 heavy (non-hydrogen) atoms. The van der Waals surface area contributed by atoms with Crippen molar-refractivity contribution in [2.24, 2.45) is 0 Å². The quantitative estimate of drug-likeness (QED) is 0.685. The zero-order valence-electron chi connectivity index (χ0n) is 9.84. The van der Waals surface area contributed by atoms with Gasteiger partial charge in [0.15, 0.2) is 0 Å². The van der Waals surface area contributed by atoms with Crippen LogP contribution < -0.4 is 0 Å². The Morgan fingerprint density at radius 3 is 2.59 bits per heavy atom. The summed E-state index contributed by atoms with van der Waals surface area (Å²) < 4.78 is 13.5. The van der Waals surface area contributed by atoms with Crippen LogP contribution in [-0.4, -0.2) is 0 Å². The van der Waals surface area contributed by atoms with Crippen LogP contribution in [0.3, 0.4) is 0 Å². The zero-order chi connectivity index (χ0) is 12.4. The molecule has 0 nitrogen and oxygen atoms in total. The molecule has 1 aromatic heterocycles. The summed E-state index contributed by atoms with van der Waals surface area (Å²) in [5.74, 6) is -0.178. The molecule has 0 bridgehead atoms. The second-order valence-corrected chi connectivity index (χ2v) is 6.12. The Labute approximate surface area is 110 Å². The molecule has 1 unspecified atom stereocenters. The Kier molecular flexibility index (Phi) is 3.85. The maximum Gasteiger partial charge on any atom is 0.126 e. The van der Waals surface area contributed by atoms with Crippen LogP contribution in [-0.2, 0) is 6.42 Å². The van der Waals surface area contributed by atoms with E-state index in [1.807, 2.05) is 6.07 Å². The molecule has 1 aromatic carbocycles. The SMILES string of the molecule is Cc1cc(C(Cl)Cc2ccccc2F)c(C)s1. The second-order valence-electron chi connectivity index (χ2n) is 4.13. The third-order valence-electron chi connectivity index (χ3n) is 2.77. The highest BCUT2D eigenvalue weighted by Gasteiger charge is 2.15. The number of halogens is 2. The predicted molar refractivity (Wildman–Crippen MR) is 72.5 cm³/mol. The highest BCUT2D eigenvalue weighted by atomic mass is 35.5. The van der Waals surface area contributed by atoms with E-state index in [1.165, 1.54) is 15.8 Å². The van der Waals surface area contributed by atoms with E-state index in [9.17, 15) is 4.39 Å². The van der Waals surface area contributed by atoms with Gasteiger partial charge in [0, 0.05) is 9.75 Å². The topological polar surface area (TPSA) is 0 Å². The molecule has 1 atom stereocenters. The summed E-state index contributed by atoms with van der Waals surface area (Å²) in [4.78, 5) is 2.47. The van der Waals surface area contributed by atoms with Crippen molar-refractivity contribution in [2.75, 3.05) is 0 Å². The molecule has 0 amide bonds. The van der Waals surface area contributed by atoms with Crippen LogP contribution in [0.5, 0.6) is 0 Å². The van der Waals surface area contributed by atoms with Crippen LogP contribution in [0.25, 0.3) is 0 Å². The summed E-state index contributed by atoms with van der Waals surface area (Å²) in [7, 11) is 0. The molecule has 0 saturated heterocycles. The van der Waals surface area contributed by atoms with Crippen LogP contribution in [0.2, 0.25) is 0 Å². The van der Waals surface area contributed by atoms with Gasteiger partial charge in [-0.1, -0.05) is 18.2 Å². The van der Waals surface area contributed by atoms with E-state index in [4.69, 9.17) is 11.6 Å². The largest absolute Gasteiger partial charge is 0.207 e. The van der Waals surface area contributed by atoms with E-state index in [1.54, 1.807) is 23.5 Å². The number of thiophene rings is 1. The van der Waals surface area contributed by atoms with Gasteiger partial charge in [0.05, 0.1) is 5.38 Å². The molecule has 0 N–H and O–H groups in total. The van der Waals surface area contributed by atoms with Gasteiger partial charge in [-0.05, 0) is 43.5 Å². The molecule has 0 aliphatic carbocycles. The number of alkyl halides is 1. The molecule has 0 radical (unpaired) electrons. The van der Waals surface area contributed by atoms with Crippen molar-refractivity contribution in [3.8, 4) is 0 Å². The van der Waals surface area contributed by atoms with Gasteiger partial charge in [-0.3, -0.25) is 0 Å². The lowest BCUT2D eigenvalue weighted by molar-refractivity contribution is 0.607. The van der Waals surface area contributed by atoms with Crippen molar-refractivity contribution >= 4 is 22.9 Å². The zero-order valence-corrected chi connectivity index (χ0v) is 11.4. The summed E-state index contributed by atoms with van der Waals surface area (Å²) in [6.07, 6.45) is 0.533. The molecule has 3 heteroatoms. The standard InChI is InChI=1S/C14H14ClFS/c1-9-7-12(10(2)17-9)13(15)8-11-5-3-4-6-14(11)16/h3-7,13H,8H2,1-2H3. The first-order valence-corrected chi connectivity index (χ1v) is 6.77. The lowest BCUT2D eigenvalue weighted by Crippen LogP contribution is -1.98. The van der Waals surface area contributed by atoms with E-state index in [2.05, 4.69) is 19.9 Å². The van der Waals surface area contributed by atoms with Gasteiger partial charge in [0.2, 0.25) is 0 Å². The van der Waals surface area contributed by atoms with E-state index >= 15 is 0 Å². The number of rotatable bonds is 3. The summed E-state index contributed by atoms with van der Waals surface area (Å²) in [6.45, 7) is 4.12. The highest BCUT2D eigenvalue weighted by molar-refractivity contribution is 7.12. The van der Waals surface area contributed by atoms with Gasteiger partial charge >= 0.3 is 0 Å². The first kappa shape index (κ1) is 12.6. The molecule has 2 aromatic rings. The maximum atomic E-state index is 13.5. The number of aryl methyl sites for hydroxylation is 2. The van der Waals surface area contributed by atoms with E-state index in [0.717, 1.165) is 5.56 Å². The average Bonchev–Trinajstić information content (AvgIpc) is 2.61. The predicted octanol–water partition coefficient (Wildman–Crippen LogP) is 5.03. The fourth-order valence-electron chi connectivity index (χ4n) is 1.93. The lowest BCUT2D eigenvalue weighted by Gasteiger charge is -2.10. The molecule has 0 spiro atoms. The first-order chi connectivity index (χ1) is 8.08. The Morgan fingerprint density at radius 1 is 1.29 bits per heavy atom. The number of hydrogen-bond donors (Lipinski definition) is 0. The number of benzene rings is 1. The third-order valence-corrected chi connectivity index (χ3v) is 4.14. The minimum absolute atomic E-state index is 0.156. The Balaban J connectivity index is 2.20. The summed E-state index contributed by atoms with van der Waals surface area (Å²) in [6, 6.07) is 8.90. The normalized spacial score (nSPS) is 12.7. The maximum absolute atomic E-state index is 13.5.